The number of nitrogens with two attached hydrogens (primary N) is 1. The lowest BCUT2D eigenvalue weighted by Gasteiger charge is -2.27. The van der Waals surface area contributed by atoms with Crippen molar-refractivity contribution in [3.05, 3.63) is 30.7 Å². The van der Waals surface area contributed by atoms with Crippen LogP contribution in [0.15, 0.2) is 30.7 Å². The van der Waals surface area contributed by atoms with Crippen molar-refractivity contribution in [3.8, 4) is 5.75 Å². The predicted molar refractivity (Wildman–Crippen MR) is 101 cm³/mol. The summed E-state index contributed by atoms with van der Waals surface area (Å²) in [5, 5.41) is 10.7. The number of rotatable bonds is 7. The molecule has 2 heterocycles. The molecule has 0 radical (unpaired) electrons. The smallest absolute Gasteiger partial charge is 0.229 e. The van der Waals surface area contributed by atoms with Crippen LogP contribution in [0.3, 0.4) is 0 Å². The number of carbonyl (C=O) groups excluding carboxylic acids is 1. The number of nitrogens with one attached hydrogen (secondary N) is 2. The van der Waals surface area contributed by atoms with E-state index in [0.29, 0.717) is 17.5 Å². The molecule has 0 unspecified atom stereocenters. The Morgan fingerprint density at radius 2 is 2.19 bits per heavy atom. The number of allylic oxidation sites excluding steroid dienone is 1. The largest absolute Gasteiger partial charge is 0.491 e. The van der Waals surface area contributed by atoms with E-state index in [4.69, 9.17) is 10.5 Å². The first-order valence-electron chi connectivity index (χ1n) is 9.03. The van der Waals surface area contributed by atoms with Gasteiger partial charge in [0, 0.05) is 18.8 Å². The summed E-state index contributed by atoms with van der Waals surface area (Å²) in [7, 11) is 1.56. The lowest BCUT2D eigenvalue weighted by atomic mass is 9.88. The van der Waals surface area contributed by atoms with Crippen molar-refractivity contribution in [2.45, 2.75) is 25.9 Å². The van der Waals surface area contributed by atoms with Crippen LogP contribution in [0.25, 0.3) is 0 Å². The number of methoxy groups -OCH3 is 1. The molecule has 0 saturated heterocycles. The van der Waals surface area contributed by atoms with Crippen LogP contribution in [-0.2, 0) is 11.3 Å². The zero-order chi connectivity index (χ0) is 19.0. The maximum Gasteiger partial charge on any atom is 0.229 e. The Morgan fingerprint density at radius 1 is 1.37 bits per heavy atom. The van der Waals surface area contributed by atoms with Crippen molar-refractivity contribution in [1.29, 1.82) is 0 Å². The summed E-state index contributed by atoms with van der Waals surface area (Å²) < 4.78 is 7.20. The second-order valence-corrected chi connectivity index (χ2v) is 6.87. The van der Waals surface area contributed by atoms with Crippen LogP contribution in [0.1, 0.15) is 13.3 Å². The molecule has 1 amide bonds. The fourth-order valence-corrected chi connectivity index (χ4v) is 3.98. The minimum Gasteiger partial charge on any atom is -0.491 e. The molecule has 142 valence electrons. The number of amides is 1. The van der Waals surface area contributed by atoms with Gasteiger partial charge < -0.3 is 21.1 Å². The van der Waals surface area contributed by atoms with Crippen molar-refractivity contribution < 1.29 is 9.53 Å². The fourth-order valence-electron chi connectivity index (χ4n) is 3.98. The monoisotopic (exact) mass is 369 g/mol. The first-order chi connectivity index (χ1) is 13.1. The number of hydrogen-bond acceptors (Lipinski definition) is 7. The minimum atomic E-state index is -0.289. The normalized spacial score (nSPS) is 25.6. The Labute approximate surface area is 157 Å². The Kier molecular flexibility index (Phi) is 4.43. The number of ether oxygens (including phenoxy) is 1. The molecule has 2 bridgehead atoms. The Hall–Kier alpha value is -3.10. The number of hydrogen-bond donors (Lipinski definition) is 3. The standard InChI is InChI=1S/C18H23N7O2/c1-3-25-9-12(7-21-25)22-18-20-8-13(27-2)17(24-18)23-15-11-5-4-10(6-11)14(15)16(19)26/h4-5,7-11,14-15H,3,6H2,1-2H3,(H2,19,26)(H2,20,22,23,24)/t10-,11+,14+,15-/m1/s1. The lowest BCUT2D eigenvalue weighted by Crippen LogP contribution is -2.41. The number of primary amides is 1. The minimum absolute atomic E-state index is 0.100. The molecule has 0 spiro atoms. The van der Waals surface area contributed by atoms with Crippen molar-refractivity contribution in [2.75, 3.05) is 17.7 Å². The average Bonchev–Trinajstić information content (AvgIpc) is 3.38. The number of carbonyl (C=O) groups is 1. The van der Waals surface area contributed by atoms with Gasteiger partial charge in [-0.2, -0.15) is 10.1 Å². The average molecular weight is 369 g/mol. The van der Waals surface area contributed by atoms with E-state index in [1.807, 2.05) is 17.8 Å². The van der Waals surface area contributed by atoms with Crippen LogP contribution in [0.5, 0.6) is 5.75 Å². The van der Waals surface area contributed by atoms with Crippen LogP contribution < -0.4 is 21.1 Å². The molecular formula is C18H23N7O2. The highest BCUT2D eigenvalue weighted by molar-refractivity contribution is 5.80. The third-order valence-electron chi connectivity index (χ3n) is 5.28. The van der Waals surface area contributed by atoms with E-state index in [9.17, 15) is 4.79 Å². The van der Waals surface area contributed by atoms with Gasteiger partial charge >= 0.3 is 0 Å². The topological polar surface area (TPSA) is 120 Å². The van der Waals surface area contributed by atoms with Crippen molar-refractivity contribution in [3.63, 3.8) is 0 Å². The molecule has 1 fully saturated rings. The maximum atomic E-state index is 11.9. The zero-order valence-corrected chi connectivity index (χ0v) is 15.3. The molecular weight excluding hydrogens is 346 g/mol. The van der Waals surface area contributed by atoms with Gasteiger partial charge in [0.25, 0.3) is 0 Å². The summed E-state index contributed by atoms with van der Waals surface area (Å²) in [5.74, 6) is 1.38. The van der Waals surface area contributed by atoms with Gasteiger partial charge in [-0.1, -0.05) is 12.2 Å². The van der Waals surface area contributed by atoms with Gasteiger partial charge in [0.15, 0.2) is 11.6 Å². The Balaban J connectivity index is 1.58. The van der Waals surface area contributed by atoms with Crippen molar-refractivity contribution in [1.82, 2.24) is 19.7 Å². The van der Waals surface area contributed by atoms with Gasteiger partial charge in [-0.3, -0.25) is 9.48 Å². The van der Waals surface area contributed by atoms with E-state index in [1.54, 1.807) is 19.5 Å². The molecule has 2 aliphatic rings. The van der Waals surface area contributed by atoms with Crippen LogP contribution >= 0.6 is 0 Å². The first-order valence-corrected chi connectivity index (χ1v) is 9.03. The molecule has 2 aromatic rings. The molecule has 2 aromatic heterocycles. The number of nitrogens with zero attached hydrogens (tertiary/aromatic N) is 4. The molecule has 4 atom stereocenters. The van der Waals surface area contributed by atoms with Gasteiger partial charge in [-0.25, -0.2) is 4.98 Å². The number of aromatic nitrogens is 4. The van der Waals surface area contributed by atoms with Crippen LogP contribution in [0.2, 0.25) is 0 Å². The zero-order valence-electron chi connectivity index (χ0n) is 15.3. The lowest BCUT2D eigenvalue weighted by molar-refractivity contribution is -0.122. The van der Waals surface area contributed by atoms with E-state index in [-0.39, 0.29) is 29.7 Å². The molecule has 2 aliphatic carbocycles. The molecule has 9 heteroatoms. The highest BCUT2D eigenvalue weighted by atomic mass is 16.5. The summed E-state index contributed by atoms with van der Waals surface area (Å²) in [6, 6.07) is -0.100. The van der Waals surface area contributed by atoms with E-state index in [0.717, 1.165) is 18.7 Å². The van der Waals surface area contributed by atoms with Crippen LogP contribution in [0.4, 0.5) is 17.5 Å². The van der Waals surface area contributed by atoms with Gasteiger partial charge in [0.1, 0.15) is 0 Å². The quantitative estimate of drug-likeness (QED) is 0.633. The van der Waals surface area contributed by atoms with Crippen LogP contribution in [-0.4, -0.2) is 38.8 Å². The second-order valence-electron chi connectivity index (χ2n) is 6.87. The Bertz CT molecular complexity index is 878. The highest BCUT2D eigenvalue weighted by Gasteiger charge is 2.47. The number of anilines is 3. The Morgan fingerprint density at radius 3 is 2.89 bits per heavy atom. The molecule has 27 heavy (non-hydrogen) atoms. The van der Waals surface area contributed by atoms with E-state index < -0.39 is 0 Å². The summed E-state index contributed by atoms with van der Waals surface area (Å²) in [5.41, 5.74) is 6.45. The van der Waals surface area contributed by atoms with Gasteiger partial charge in [-0.15, -0.1) is 0 Å². The van der Waals surface area contributed by atoms with Gasteiger partial charge in [0.05, 0.1) is 31.1 Å². The van der Waals surface area contributed by atoms with Crippen LogP contribution in [0, 0.1) is 17.8 Å². The summed E-state index contributed by atoms with van der Waals surface area (Å²) in [6.07, 6.45) is 10.4. The van der Waals surface area contributed by atoms with Crippen molar-refractivity contribution >= 4 is 23.4 Å². The molecule has 0 aromatic carbocycles. The predicted octanol–water partition coefficient (Wildman–Crippen LogP) is 1.53. The van der Waals surface area contributed by atoms with E-state index >= 15 is 0 Å². The molecule has 4 rings (SSSR count). The summed E-state index contributed by atoms with van der Waals surface area (Å²) in [4.78, 5) is 20.8. The van der Waals surface area contributed by atoms with Gasteiger partial charge in [0.2, 0.25) is 11.9 Å². The molecule has 0 aliphatic heterocycles. The second kappa shape index (κ2) is 6.90. The van der Waals surface area contributed by atoms with E-state index in [1.165, 1.54) is 0 Å². The highest BCUT2D eigenvalue weighted by Crippen LogP contribution is 2.45. The maximum absolute atomic E-state index is 11.9. The SMILES string of the molecule is CCn1cc(Nc2ncc(OC)c(N[C@H]3[C@@H](C(N)=O)[C@@H]4C=C[C@H]3C4)n2)cn1. The number of aryl methyl sites for hydroxylation is 1. The number of fused-ring (bicyclic) bond motifs is 2. The first kappa shape index (κ1) is 17.3. The fraction of sp³-hybridized carbons (Fsp3) is 0.444. The molecule has 1 saturated carbocycles. The summed E-state index contributed by atoms with van der Waals surface area (Å²) >= 11 is 0. The molecule has 9 nitrogen and oxygen atoms in total. The van der Waals surface area contributed by atoms with E-state index in [2.05, 4.69) is 37.9 Å². The third kappa shape index (κ3) is 3.20. The van der Waals surface area contributed by atoms with Crippen molar-refractivity contribution in [2.24, 2.45) is 23.5 Å². The molecule has 4 N–H and O–H groups in total. The third-order valence-corrected chi connectivity index (χ3v) is 5.28. The summed E-state index contributed by atoms with van der Waals surface area (Å²) in [6.45, 7) is 2.80. The van der Waals surface area contributed by atoms with Gasteiger partial charge in [-0.05, 0) is 25.2 Å².